The van der Waals surface area contributed by atoms with Gasteiger partial charge in [0.25, 0.3) is 0 Å². The molecule has 2 rings (SSSR count). The first kappa shape index (κ1) is 11.3. The molecule has 1 spiro atoms. The van der Waals surface area contributed by atoms with E-state index in [9.17, 15) is 8.42 Å². The van der Waals surface area contributed by atoms with Crippen molar-refractivity contribution >= 4 is 10.0 Å². The fraction of sp³-hybridized carbons (Fsp3) is 1.00. The molecule has 0 aliphatic carbocycles. The quantitative estimate of drug-likeness (QED) is 0.670. The smallest absolute Gasteiger partial charge is 0.211 e. The average molecular weight is 234 g/mol. The average Bonchev–Trinajstić information content (AvgIpc) is 2.48. The molecule has 2 aliphatic rings. The molecule has 0 aromatic rings. The molecule has 0 aromatic heterocycles. The first-order valence-corrected chi connectivity index (χ1v) is 7.06. The molecule has 2 saturated heterocycles. The minimum Gasteiger partial charge on any atom is -0.377 e. The highest BCUT2D eigenvalue weighted by Gasteiger charge is 2.45. The molecule has 6 heteroatoms. The molecule has 2 fully saturated rings. The number of nitrogens with one attached hydrogen (secondary N) is 1. The van der Waals surface area contributed by atoms with Crippen LogP contribution < -0.4 is 10.5 Å². The van der Waals surface area contributed by atoms with Gasteiger partial charge in [0, 0.05) is 12.0 Å². The van der Waals surface area contributed by atoms with Crippen molar-refractivity contribution in [1.82, 2.24) is 5.32 Å². The molecular weight excluding hydrogens is 216 g/mol. The molecule has 2 aliphatic heterocycles. The van der Waals surface area contributed by atoms with Crippen LogP contribution in [-0.2, 0) is 14.8 Å². The number of ether oxygens (including phenoxy) is 1. The van der Waals surface area contributed by atoms with Crippen molar-refractivity contribution in [2.24, 2.45) is 10.6 Å². The molecule has 0 bridgehead atoms. The van der Waals surface area contributed by atoms with E-state index in [1.807, 2.05) is 0 Å². The Hall–Kier alpha value is -0.170. The van der Waals surface area contributed by atoms with Gasteiger partial charge in [-0.3, -0.25) is 0 Å². The van der Waals surface area contributed by atoms with Gasteiger partial charge in [0.1, 0.15) is 0 Å². The Morgan fingerprint density at radius 2 is 2.00 bits per heavy atom. The zero-order chi connectivity index (χ0) is 10.9. The lowest BCUT2D eigenvalue weighted by atomic mass is 9.74. The minimum absolute atomic E-state index is 0.0347. The lowest BCUT2D eigenvalue weighted by Crippen LogP contribution is -2.45. The molecule has 1 atom stereocenters. The zero-order valence-electron chi connectivity index (χ0n) is 8.74. The predicted molar refractivity (Wildman–Crippen MR) is 56.9 cm³/mol. The Morgan fingerprint density at radius 1 is 1.33 bits per heavy atom. The van der Waals surface area contributed by atoms with Gasteiger partial charge in [-0.05, 0) is 32.4 Å². The number of rotatable bonds is 2. The number of nitrogens with two attached hydrogens (primary N) is 1. The van der Waals surface area contributed by atoms with E-state index in [1.54, 1.807) is 0 Å². The van der Waals surface area contributed by atoms with Crippen LogP contribution in [0.3, 0.4) is 0 Å². The Bertz CT molecular complexity index is 322. The van der Waals surface area contributed by atoms with Crippen molar-refractivity contribution in [2.75, 3.05) is 25.4 Å². The second kappa shape index (κ2) is 4.01. The van der Waals surface area contributed by atoms with Gasteiger partial charge < -0.3 is 10.1 Å². The third kappa shape index (κ3) is 2.50. The highest BCUT2D eigenvalue weighted by molar-refractivity contribution is 7.89. The molecule has 0 amide bonds. The fourth-order valence-corrected chi connectivity index (χ4v) is 3.55. The molecule has 3 N–H and O–H groups in total. The van der Waals surface area contributed by atoms with Gasteiger partial charge >= 0.3 is 0 Å². The Labute approximate surface area is 90.4 Å². The number of hydrogen-bond acceptors (Lipinski definition) is 4. The molecule has 0 saturated carbocycles. The maximum absolute atomic E-state index is 11.1. The maximum Gasteiger partial charge on any atom is 0.211 e. The minimum atomic E-state index is -3.43. The lowest BCUT2D eigenvalue weighted by molar-refractivity contribution is 0.0486. The molecule has 1 unspecified atom stereocenters. The van der Waals surface area contributed by atoms with Gasteiger partial charge in [0.05, 0.1) is 11.9 Å². The monoisotopic (exact) mass is 234 g/mol. The molecule has 88 valence electrons. The van der Waals surface area contributed by atoms with E-state index < -0.39 is 10.0 Å². The van der Waals surface area contributed by atoms with Crippen molar-refractivity contribution in [3.63, 3.8) is 0 Å². The molecule has 2 heterocycles. The van der Waals surface area contributed by atoms with Crippen LogP contribution in [0.25, 0.3) is 0 Å². The molecular formula is C9H18N2O3S. The summed E-state index contributed by atoms with van der Waals surface area (Å²) in [4.78, 5) is 0. The number of sulfonamides is 1. The van der Waals surface area contributed by atoms with Crippen LogP contribution in [0.1, 0.15) is 19.3 Å². The van der Waals surface area contributed by atoms with Crippen molar-refractivity contribution in [3.8, 4) is 0 Å². The van der Waals surface area contributed by atoms with Crippen LogP contribution in [0.15, 0.2) is 0 Å². The third-order valence-electron chi connectivity index (χ3n) is 3.59. The summed E-state index contributed by atoms with van der Waals surface area (Å²) in [5, 5.41) is 8.36. The summed E-state index contributed by atoms with van der Waals surface area (Å²) in [7, 11) is -3.43. The van der Waals surface area contributed by atoms with E-state index in [2.05, 4.69) is 5.32 Å². The van der Waals surface area contributed by atoms with Gasteiger partial charge in [0.2, 0.25) is 10.0 Å². The summed E-state index contributed by atoms with van der Waals surface area (Å²) < 4.78 is 27.7. The molecule has 15 heavy (non-hydrogen) atoms. The lowest BCUT2D eigenvalue weighted by Gasteiger charge is -2.37. The van der Waals surface area contributed by atoms with E-state index in [1.165, 1.54) is 0 Å². The highest BCUT2D eigenvalue weighted by Crippen LogP contribution is 2.42. The normalized spacial score (nSPS) is 30.9. The summed E-state index contributed by atoms with van der Waals surface area (Å²) in [6.45, 7) is 2.56. The maximum atomic E-state index is 11.1. The molecule has 0 radical (unpaired) electrons. The Kier molecular flexibility index (Phi) is 3.03. The van der Waals surface area contributed by atoms with Gasteiger partial charge in [0.15, 0.2) is 0 Å². The first-order chi connectivity index (χ1) is 7.02. The van der Waals surface area contributed by atoms with Crippen LogP contribution >= 0.6 is 0 Å². The fourth-order valence-electron chi connectivity index (χ4n) is 2.67. The van der Waals surface area contributed by atoms with E-state index >= 15 is 0 Å². The van der Waals surface area contributed by atoms with Gasteiger partial charge in [-0.25, -0.2) is 13.6 Å². The summed E-state index contributed by atoms with van der Waals surface area (Å²) in [5.41, 5.74) is 0.0533. The topological polar surface area (TPSA) is 81.4 Å². The van der Waals surface area contributed by atoms with E-state index in [4.69, 9.17) is 9.88 Å². The van der Waals surface area contributed by atoms with Crippen LogP contribution in [0, 0.1) is 5.41 Å². The zero-order valence-corrected chi connectivity index (χ0v) is 9.55. The largest absolute Gasteiger partial charge is 0.377 e. The third-order valence-corrected chi connectivity index (χ3v) is 4.35. The number of hydrogen-bond donors (Lipinski definition) is 2. The van der Waals surface area contributed by atoms with Gasteiger partial charge in [-0.15, -0.1) is 0 Å². The SMILES string of the molecule is NS(=O)(=O)CC1OCCC12CCNCC2. The molecule has 0 aromatic carbocycles. The van der Waals surface area contributed by atoms with E-state index in [0.717, 1.165) is 32.4 Å². The highest BCUT2D eigenvalue weighted by atomic mass is 32.2. The second-order valence-corrected chi connectivity index (χ2v) is 6.21. The van der Waals surface area contributed by atoms with Crippen LogP contribution in [-0.4, -0.2) is 40.0 Å². The summed E-state index contributed by atoms with van der Waals surface area (Å²) in [6, 6.07) is 0. The summed E-state index contributed by atoms with van der Waals surface area (Å²) in [6.07, 6.45) is 2.75. The Morgan fingerprint density at radius 3 is 2.60 bits per heavy atom. The van der Waals surface area contributed by atoms with E-state index in [0.29, 0.717) is 6.61 Å². The van der Waals surface area contributed by atoms with Crippen molar-refractivity contribution in [3.05, 3.63) is 0 Å². The summed E-state index contributed by atoms with van der Waals surface area (Å²) in [5.74, 6) is -0.0347. The number of piperidine rings is 1. The van der Waals surface area contributed by atoms with Crippen molar-refractivity contribution < 1.29 is 13.2 Å². The van der Waals surface area contributed by atoms with Gasteiger partial charge in [-0.1, -0.05) is 0 Å². The second-order valence-electron chi connectivity index (χ2n) is 4.55. The standard InChI is InChI=1S/C9H18N2O3S/c10-15(12,13)7-8-9(3-6-14-8)1-4-11-5-2-9/h8,11H,1-7H2,(H2,10,12,13). The Balaban J connectivity index is 2.10. The first-order valence-electron chi connectivity index (χ1n) is 5.35. The van der Waals surface area contributed by atoms with Crippen LogP contribution in [0.5, 0.6) is 0 Å². The van der Waals surface area contributed by atoms with Gasteiger partial charge in [-0.2, -0.15) is 0 Å². The van der Waals surface area contributed by atoms with E-state index in [-0.39, 0.29) is 17.3 Å². The summed E-state index contributed by atoms with van der Waals surface area (Å²) >= 11 is 0. The predicted octanol–water partition coefficient (Wildman–Crippen LogP) is -0.566. The van der Waals surface area contributed by atoms with Crippen molar-refractivity contribution in [1.29, 1.82) is 0 Å². The molecule has 5 nitrogen and oxygen atoms in total. The van der Waals surface area contributed by atoms with Crippen LogP contribution in [0.2, 0.25) is 0 Å². The van der Waals surface area contributed by atoms with Crippen LogP contribution in [0.4, 0.5) is 0 Å². The number of primary sulfonamides is 1. The van der Waals surface area contributed by atoms with Crippen molar-refractivity contribution in [2.45, 2.75) is 25.4 Å².